The van der Waals surface area contributed by atoms with Gasteiger partial charge in [0.25, 0.3) is 5.91 Å². The van der Waals surface area contributed by atoms with Gasteiger partial charge in [0.15, 0.2) is 0 Å². The Morgan fingerprint density at radius 3 is 1.85 bits per heavy atom. The van der Waals surface area contributed by atoms with Crippen molar-refractivity contribution < 1.29 is 102 Å². The molecule has 0 radical (unpaired) electrons. The molecule has 110 heavy (non-hydrogen) atoms. The molecule has 12 atom stereocenters. The number of aromatic amines is 1. The van der Waals surface area contributed by atoms with Gasteiger partial charge in [-0.15, -0.1) is 0 Å². The van der Waals surface area contributed by atoms with Crippen LogP contribution in [0.3, 0.4) is 0 Å². The quantitative estimate of drug-likeness (QED) is 0.0210. The predicted molar refractivity (Wildman–Crippen MR) is 392 cm³/mol. The monoisotopic (exact) mass is 1530 g/mol. The molecule has 6 aromatic rings. The minimum absolute atomic E-state index is 0.186. The van der Waals surface area contributed by atoms with Crippen LogP contribution in [0.1, 0.15) is 87.4 Å². The van der Waals surface area contributed by atoms with Crippen LogP contribution >= 0.6 is 0 Å². The first kappa shape index (κ1) is 86.8. The summed E-state index contributed by atoms with van der Waals surface area (Å²) in [6, 6.07) is 12.0. The Balaban J connectivity index is 1.18. The van der Waals surface area contributed by atoms with E-state index in [9.17, 15) is 93.0 Å². The first-order valence-electron chi connectivity index (χ1n) is 34.9. The number of hydrogen-bond donors (Lipinski definition) is 17. The van der Waals surface area contributed by atoms with Crippen LogP contribution in [0.5, 0.6) is 5.75 Å². The van der Waals surface area contributed by atoms with Gasteiger partial charge >= 0.3 is 11.9 Å². The summed E-state index contributed by atoms with van der Waals surface area (Å²) in [4.78, 5) is 189. The fourth-order valence-corrected chi connectivity index (χ4v) is 11.7. The average Bonchev–Trinajstić information content (AvgIpc) is 1.26. The molecule has 2 aromatic heterocycles. The van der Waals surface area contributed by atoms with Crippen molar-refractivity contribution in [1.82, 2.24) is 67.7 Å². The van der Waals surface area contributed by atoms with Crippen LogP contribution in [0.2, 0.25) is 0 Å². The summed E-state index contributed by atoms with van der Waals surface area (Å²) in [6.07, 6.45) is -2.85. The molecule has 18 N–H and O–H groups in total. The number of halogens is 1. The van der Waals surface area contributed by atoms with Crippen molar-refractivity contribution in [2.24, 2.45) is 5.73 Å². The highest BCUT2D eigenvalue weighted by Crippen LogP contribution is 2.30. The zero-order valence-electron chi connectivity index (χ0n) is 61.7. The number of likely N-dealkylation sites (N-methyl/N-ethyl adjacent to an activating group) is 1. The molecule has 0 saturated carbocycles. The number of aromatic nitrogens is 3. The molecular formula is C75H93FN14O20. The van der Waals surface area contributed by atoms with Gasteiger partial charge < -0.3 is 98.8 Å². The minimum Gasteiger partial charge on any atom is -0.497 e. The first-order chi connectivity index (χ1) is 52.1. The Kier molecular flexibility index (Phi) is 32.2. The Labute approximate surface area is 631 Å². The number of aryl methyl sites for hydroxylation is 2. The second kappa shape index (κ2) is 40.8. The number of H-pyrrole nitrogens is 1. The third-order valence-electron chi connectivity index (χ3n) is 18.1. The third kappa shape index (κ3) is 24.7. The number of carboxylic acid groups (broad SMARTS) is 2. The highest BCUT2D eigenvalue weighted by atomic mass is 19.1. The van der Waals surface area contributed by atoms with Gasteiger partial charge in [-0.1, -0.05) is 79.7 Å². The summed E-state index contributed by atoms with van der Waals surface area (Å²) in [6.45, 7) is 5.86. The lowest BCUT2D eigenvalue weighted by Gasteiger charge is -2.34. The van der Waals surface area contributed by atoms with E-state index in [4.69, 9.17) is 10.5 Å². The van der Waals surface area contributed by atoms with Crippen LogP contribution in [0.4, 0.5) is 4.39 Å². The van der Waals surface area contributed by atoms with E-state index < -0.39 is 194 Å². The van der Waals surface area contributed by atoms with E-state index in [1.807, 2.05) is 50.2 Å². The summed E-state index contributed by atoms with van der Waals surface area (Å²) in [7, 11) is 2.74. The lowest BCUT2D eigenvalue weighted by molar-refractivity contribution is -0.145. The number of carboxylic acids is 2. The second-order valence-corrected chi connectivity index (χ2v) is 26.5. The van der Waals surface area contributed by atoms with Crippen molar-refractivity contribution in [3.8, 4) is 28.0 Å². The maximum absolute atomic E-state index is 15.5. The van der Waals surface area contributed by atoms with Crippen molar-refractivity contribution in [2.75, 3.05) is 27.3 Å². The van der Waals surface area contributed by atoms with Crippen molar-refractivity contribution in [3.05, 3.63) is 161 Å². The van der Waals surface area contributed by atoms with E-state index in [0.717, 1.165) is 59.6 Å². The fourth-order valence-electron chi connectivity index (χ4n) is 11.7. The fraction of sp³-hybridized carbons (Fsp3) is 0.400. The number of ether oxygens (including phenoxy) is 1. The number of imidazole rings is 1. The molecule has 0 unspecified atom stereocenters. The molecule has 590 valence electrons. The molecule has 0 fully saturated rings. The number of benzene rings is 4. The van der Waals surface area contributed by atoms with E-state index in [2.05, 4.69) is 62.8 Å². The number of carbonyl (C=O) groups is 13. The van der Waals surface area contributed by atoms with Crippen molar-refractivity contribution in [3.63, 3.8) is 0 Å². The van der Waals surface area contributed by atoms with Crippen LogP contribution in [0, 0.1) is 12.7 Å². The lowest BCUT2D eigenvalue weighted by atomic mass is 9.90. The molecule has 35 heteroatoms. The number of nitrogens with two attached hydrogens (primary N) is 1. The van der Waals surface area contributed by atoms with Crippen LogP contribution in [0.25, 0.3) is 22.3 Å². The summed E-state index contributed by atoms with van der Waals surface area (Å²) in [5, 5.41) is 83.3. The first-order valence-corrected chi connectivity index (χ1v) is 34.9. The van der Waals surface area contributed by atoms with Crippen molar-refractivity contribution >= 4 is 76.9 Å². The van der Waals surface area contributed by atoms with Crippen LogP contribution in [-0.4, -0.2) is 227 Å². The number of aliphatic hydroxyl groups excluding tert-OH is 4. The number of methoxy groups -OCH3 is 1. The molecule has 0 saturated heterocycles. The molecular weight excluding hydrogens is 1440 g/mol. The Morgan fingerprint density at radius 1 is 0.627 bits per heavy atom. The summed E-state index contributed by atoms with van der Waals surface area (Å²) >= 11 is 0. The largest absolute Gasteiger partial charge is 0.497 e. The number of amides is 11. The molecule has 11 amide bonds. The number of aliphatic carboxylic acids is 2. The predicted octanol–water partition coefficient (Wildman–Crippen LogP) is -1.40. The van der Waals surface area contributed by atoms with Gasteiger partial charge in [-0.3, -0.25) is 67.3 Å². The number of nitrogens with zero attached hydrogens (tertiary/aromatic N) is 3. The topological polar surface area (TPSA) is 532 Å². The minimum atomic E-state index is -2.44. The van der Waals surface area contributed by atoms with Crippen molar-refractivity contribution in [1.29, 1.82) is 0 Å². The molecule has 34 nitrogen and oxygen atoms in total. The second-order valence-electron chi connectivity index (χ2n) is 26.5. The van der Waals surface area contributed by atoms with Crippen LogP contribution in [-0.2, 0) is 94.4 Å². The van der Waals surface area contributed by atoms with E-state index in [1.165, 1.54) is 50.9 Å². The van der Waals surface area contributed by atoms with E-state index in [0.29, 0.717) is 34.6 Å². The summed E-state index contributed by atoms with van der Waals surface area (Å²) in [5.41, 5.74) is 9.57. The van der Waals surface area contributed by atoms with Gasteiger partial charge in [0.05, 0.1) is 45.2 Å². The standard InChI is InChI=1S/C75H93FN14O20/c1-9-44-29-49(110-8)22-23-51(44)45-20-18-43(19-21-45)28-56(68(103)83-55(65(77)100)30-47-34-78-27-26-52(47)50-16-12-10-14-39(50)2)84-69(104)57(32-62(98)99)85-70(105)58(37-91)86-71(106)63(41(4)92)88-74(109)75(6,33-46-15-11-13-17-53(46)76)89-72(107)64(42(5)93)87-60(95)36-80-67(102)54(24-25-61(96)97)82-66(101)40(3)90(7)73(108)59(94)31-48-35-79-38-81-48/h10-23,26-27,29,34-35,38,40-42,54-59,63-64,91-94H,9,24-25,28,30-33,36-37H2,1-8H3,(H2,77,100)(H,79,81)(H,80,102)(H,82,101)(H,83,103)(H,84,104)(H,85,105)(H,86,106)(H,87,95)(H,88,109)(H,89,107)(H,96,97)(H,98,99)/t40-,41+,42+,54-,55-,56-,57-,58-,59-,63-,64-,75+/m0/s1. The zero-order chi connectivity index (χ0) is 81.3. The van der Waals surface area contributed by atoms with Crippen molar-refractivity contribution in [2.45, 2.75) is 165 Å². The van der Waals surface area contributed by atoms with E-state index in [-0.39, 0.29) is 24.8 Å². The molecule has 0 spiro atoms. The maximum atomic E-state index is 15.5. The molecule has 0 bridgehead atoms. The van der Waals surface area contributed by atoms with Gasteiger partial charge in [0.2, 0.25) is 59.1 Å². The van der Waals surface area contributed by atoms with Gasteiger partial charge in [-0.25, -0.2) is 9.37 Å². The summed E-state index contributed by atoms with van der Waals surface area (Å²) in [5.74, 6) is -16.4. The average molecular weight is 1530 g/mol. The normalized spacial score (nSPS) is 14.7. The molecule has 0 aliphatic heterocycles. The molecule has 2 heterocycles. The highest BCUT2D eigenvalue weighted by molar-refractivity contribution is 6.00. The Hall–Kier alpha value is -12.1. The van der Waals surface area contributed by atoms with Gasteiger partial charge in [0.1, 0.15) is 71.5 Å². The molecule has 0 aliphatic carbocycles. The smallest absolute Gasteiger partial charge is 0.305 e. The zero-order valence-corrected chi connectivity index (χ0v) is 61.7. The number of primary amides is 1. The van der Waals surface area contributed by atoms with Gasteiger partial charge in [0, 0.05) is 63.4 Å². The third-order valence-corrected chi connectivity index (χ3v) is 18.1. The molecule has 0 aliphatic rings. The van der Waals surface area contributed by atoms with E-state index >= 15 is 4.39 Å². The Bertz CT molecular complexity index is 4280. The molecule has 4 aromatic carbocycles. The Morgan fingerprint density at radius 2 is 1.25 bits per heavy atom. The van der Waals surface area contributed by atoms with Crippen LogP contribution in [0.15, 0.2) is 122 Å². The number of pyridine rings is 1. The number of rotatable bonds is 41. The van der Waals surface area contributed by atoms with E-state index in [1.54, 1.807) is 49.7 Å². The van der Waals surface area contributed by atoms with Gasteiger partial charge in [-0.05, 0) is 122 Å². The number of nitrogens with one attached hydrogen (secondary N) is 10. The van der Waals surface area contributed by atoms with Gasteiger partial charge in [-0.2, -0.15) is 0 Å². The summed E-state index contributed by atoms with van der Waals surface area (Å²) < 4.78 is 20.9. The lowest BCUT2D eigenvalue weighted by Crippen LogP contribution is -2.67. The maximum Gasteiger partial charge on any atom is 0.305 e. The highest BCUT2D eigenvalue weighted by Gasteiger charge is 2.43. The van der Waals surface area contributed by atoms with Crippen LogP contribution < -0.4 is 58.3 Å². The number of carbonyl (C=O) groups excluding carboxylic acids is 11. The number of aliphatic hydroxyl groups is 4. The SMILES string of the molecule is CCc1cc(OC)ccc1-c1ccc(C[C@H](NC(=O)[C@H](CC(=O)O)NC(=O)[C@H](CO)NC(=O)[C@@H](NC(=O)[C@@](C)(Cc2ccccc2F)NC(=O)[C@@H](NC(=O)CNC(=O)[C@H](CCC(=O)O)NC(=O)[C@H](C)N(C)C(=O)[C@@H](O)Cc2cnc[nH]2)[C@@H](C)O)[C@@H](C)O)C(=O)N[C@@H](Cc2cnccc2-c2ccccc2C)C(N)=O)cc1. The number of hydrogen-bond acceptors (Lipinski definition) is 20. The molecule has 6 rings (SSSR count).